The molecule has 29 heavy (non-hydrogen) atoms. The van der Waals surface area contributed by atoms with Crippen LogP contribution in [0.25, 0.3) is 10.8 Å². The topological polar surface area (TPSA) is 61.4 Å². The summed E-state index contributed by atoms with van der Waals surface area (Å²) in [7, 11) is 1.76. The van der Waals surface area contributed by atoms with Crippen LogP contribution in [0.5, 0.6) is 0 Å². The Morgan fingerprint density at radius 2 is 1.55 bits per heavy atom. The van der Waals surface area contributed by atoms with E-state index in [-0.39, 0.29) is 30.9 Å². The summed E-state index contributed by atoms with van der Waals surface area (Å²) in [5.74, 6) is -0.261. The molecule has 0 radical (unpaired) electrons. The van der Waals surface area contributed by atoms with E-state index >= 15 is 0 Å². The molecule has 1 atom stereocenters. The third-order valence-corrected chi connectivity index (χ3v) is 4.81. The lowest BCUT2D eigenvalue weighted by Crippen LogP contribution is -2.39. The Morgan fingerprint density at radius 3 is 2.28 bits per heavy atom. The number of amides is 2. The van der Waals surface area contributed by atoms with Crippen molar-refractivity contribution in [1.29, 1.82) is 0 Å². The summed E-state index contributed by atoms with van der Waals surface area (Å²) >= 11 is 0. The zero-order valence-corrected chi connectivity index (χ0v) is 17.1. The van der Waals surface area contributed by atoms with Crippen molar-refractivity contribution in [3.8, 4) is 0 Å². The monoisotopic (exact) mass is 389 g/mol. The Labute approximate surface area is 171 Å². The van der Waals surface area contributed by atoms with Gasteiger partial charge in [0, 0.05) is 5.69 Å². The Morgan fingerprint density at radius 1 is 0.897 bits per heavy atom. The van der Waals surface area contributed by atoms with Gasteiger partial charge in [0.15, 0.2) is 0 Å². The number of fused-ring (bicyclic) bond motifs is 1. The maximum Gasteiger partial charge on any atom is 0.238 e. The second-order valence-corrected chi connectivity index (χ2v) is 7.48. The van der Waals surface area contributed by atoms with E-state index in [1.807, 2.05) is 56.3 Å². The minimum absolute atomic E-state index is 0.109. The highest BCUT2D eigenvalue weighted by molar-refractivity contribution is 5.92. The number of rotatable bonds is 7. The van der Waals surface area contributed by atoms with Crippen LogP contribution in [0.3, 0.4) is 0 Å². The predicted molar refractivity (Wildman–Crippen MR) is 118 cm³/mol. The average molecular weight is 389 g/mol. The number of nitrogens with zero attached hydrogens (tertiary/aromatic N) is 1. The van der Waals surface area contributed by atoms with E-state index in [1.54, 1.807) is 11.9 Å². The smallest absolute Gasteiger partial charge is 0.238 e. The van der Waals surface area contributed by atoms with Crippen LogP contribution in [0, 0.1) is 6.92 Å². The minimum atomic E-state index is -0.147. The Balaban J connectivity index is 1.49. The van der Waals surface area contributed by atoms with E-state index in [9.17, 15) is 9.59 Å². The van der Waals surface area contributed by atoms with Gasteiger partial charge in [0.2, 0.25) is 11.8 Å². The van der Waals surface area contributed by atoms with Crippen molar-refractivity contribution in [2.75, 3.05) is 25.5 Å². The van der Waals surface area contributed by atoms with Crippen molar-refractivity contribution in [3.05, 3.63) is 77.9 Å². The van der Waals surface area contributed by atoms with Crippen LogP contribution in [-0.4, -0.2) is 36.9 Å². The van der Waals surface area contributed by atoms with Gasteiger partial charge in [-0.1, -0.05) is 54.1 Å². The molecule has 0 unspecified atom stereocenters. The van der Waals surface area contributed by atoms with Crippen molar-refractivity contribution in [1.82, 2.24) is 10.2 Å². The molecule has 0 aliphatic heterocycles. The Bertz CT molecular complexity index is 998. The summed E-state index contributed by atoms with van der Waals surface area (Å²) < 4.78 is 0. The Kier molecular flexibility index (Phi) is 6.62. The molecule has 2 amide bonds. The van der Waals surface area contributed by atoms with Crippen LogP contribution in [0.1, 0.15) is 24.1 Å². The van der Waals surface area contributed by atoms with Gasteiger partial charge in [0.1, 0.15) is 0 Å². The lowest BCUT2D eigenvalue weighted by Gasteiger charge is -2.19. The van der Waals surface area contributed by atoms with E-state index in [2.05, 4.69) is 34.9 Å². The number of carbonyl (C=O) groups is 2. The van der Waals surface area contributed by atoms with Crippen molar-refractivity contribution < 1.29 is 9.59 Å². The molecule has 5 heteroatoms. The second kappa shape index (κ2) is 9.34. The van der Waals surface area contributed by atoms with Gasteiger partial charge in [-0.25, -0.2) is 0 Å². The quantitative estimate of drug-likeness (QED) is 0.644. The first-order valence-corrected chi connectivity index (χ1v) is 9.74. The summed E-state index contributed by atoms with van der Waals surface area (Å²) in [6.45, 7) is 4.26. The molecule has 0 aromatic heterocycles. The minimum Gasteiger partial charge on any atom is -0.348 e. The molecule has 3 aromatic rings. The van der Waals surface area contributed by atoms with Gasteiger partial charge < -0.3 is 10.6 Å². The molecular weight excluding hydrogens is 362 g/mol. The third kappa shape index (κ3) is 5.90. The maximum absolute atomic E-state index is 12.4. The van der Waals surface area contributed by atoms with Gasteiger partial charge in [0.25, 0.3) is 0 Å². The average Bonchev–Trinajstić information content (AvgIpc) is 2.69. The zero-order chi connectivity index (χ0) is 20.8. The third-order valence-electron chi connectivity index (χ3n) is 4.81. The second-order valence-electron chi connectivity index (χ2n) is 7.48. The van der Waals surface area contributed by atoms with Crippen LogP contribution >= 0.6 is 0 Å². The number of aryl methyl sites for hydroxylation is 1. The number of likely N-dealkylation sites (N-methyl/N-ethyl adjacent to an activating group) is 1. The molecule has 3 aromatic carbocycles. The molecule has 2 N–H and O–H groups in total. The fourth-order valence-corrected chi connectivity index (χ4v) is 3.23. The van der Waals surface area contributed by atoms with Crippen LogP contribution in [0.4, 0.5) is 5.69 Å². The highest BCUT2D eigenvalue weighted by Gasteiger charge is 2.14. The largest absolute Gasteiger partial charge is 0.348 e. The van der Waals surface area contributed by atoms with E-state index in [0.717, 1.165) is 22.2 Å². The molecule has 3 rings (SSSR count). The molecule has 0 saturated carbocycles. The fourth-order valence-electron chi connectivity index (χ4n) is 3.23. The van der Waals surface area contributed by atoms with Gasteiger partial charge in [-0.3, -0.25) is 14.5 Å². The highest BCUT2D eigenvalue weighted by Crippen LogP contribution is 2.20. The number of carbonyl (C=O) groups excluding carboxylic acids is 2. The lowest BCUT2D eigenvalue weighted by atomic mass is 10.0. The summed E-state index contributed by atoms with van der Waals surface area (Å²) in [6, 6.07) is 21.9. The summed E-state index contributed by atoms with van der Waals surface area (Å²) in [6.07, 6.45) is 0. The zero-order valence-electron chi connectivity index (χ0n) is 17.1. The molecule has 0 saturated heterocycles. The van der Waals surface area contributed by atoms with Crippen LogP contribution < -0.4 is 10.6 Å². The SMILES string of the molecule is Cc1ccc(NC(=O)CN(C)CC(=O)N[C@@H](C)c2ccc3ccccc3c2)cc1. The molecular formula is C24H27N3O2. The number of benzene rings is 3. The molecule has 0 aliphatic rings. The number of hydrogen-bond donors (Lipinski definition) is 2. The molecule has 0 spiro atoms. The maximum atomic E-state index is 12.4. The molecule has 0 aliphatic carbocycles. The van der Waals surface area contributed by atoms with E-state index in [4.69, 9.17) is 0 Å². The summed E-state index contributed by atoms with van der Waals surface area (Å²) in [4.78, 5) is 26.3. The summed E-state index contributed by atoms with van der Waals surface area (Å²) in [5.41, 5.74) is 2.94. The van der Waals surface area contributed by atoms with Crippen molar-refractivity contribution >= 4 is 28.3 Å². The van der Waals surface area contributed by atoms with Gasteiger partial charge in [-0.2, -0.15) is 0 Å². The first-order chi connectivity index (χ1) is 13.9. The van der Waals surface area contributed by atoms with E-state index in [0.29, 0.717) is 0 Å². The Hall–Kier alpha value is -3.18. The van der Waals surface area contributed by atoms with Crippen LogP contribution in [-0.2, 0) is 9.59 Å². The molecule has 0 heterocycles. The van der Waals surface area contributed by atoms with Crippen LogP contribution in [0.15, 0.2) is 66.7 Å². The van der Waals surface area contributed by atoms with Crippen molar-refractivity contribution in [2.24, 2.45) is 0 Å². The number of anilines is 1. The van der Waals surface area contributed by atoms with Gasteiger partial charge >= 0.3 is 0 Å². The summed E-state index contributed by atoms with van der Waals surface area (Å²) in [5, 5.41) is 8.18. The lowest BCUT2D eigenvalue weighted by molar-refractivity contribution is -0.123. The van der Waals surface area contributed by atoms with Crippen molar-refractivity contribution in [2.45, 2.75) is 19.9 Å². The van der Waals surface area contributed by atoms with Crippen LogP contribution in [0.2, 0.25) is 0 Å². The van der Waals surface area contributed by atoms with E-state index < -0.39 is 0 Å². The first-order valence-electron chi connectivity index (χ1n) is 9.74. The molecule has 0 fully saturated rings. The predicted octanol–water partition coefficient (Wildman–Crippen LogP) is 3.90. The van der Waals surface area contributed by atoms with Gasteiger partial charge in [0.05, 0.1) is 19.1 Å². The van der Waals surface area contributed by atoms with Gasteiger partial charge in [-0.05, 0) is 55.4 Å². The first kappa shape index (κ1) is 20.6. The fraction of sp³-hybridized carbons (Fsp3) is 0.250. The molecule has 0 bridgehead atoms. The van der Waals surface area contributed by atoms with Gasteiger partial charge in [-0.15, -0.1) is 0 Å². The standard InChI is InChI=1S/C24H27N3O2/c1-17-8-12-22(13-9-17)26-24(29)16-27(3)15-23(28)25-18(2)20-11-10-19-6-4-5-7-21(19)14-20/h4-14,18H,15-16H2,1-3H3,(H,25,28)(H,26,29)/t18-/m0/s1. The van der Waals surface area contributed by atoms with Crippen molar-refractivity contribution in [3.63, 3.8) is 0 Å². The van der Waals surface area contributed by atoms with E-state index in [1.165, 1.54) is 5.39 Å². The number of hydrogen-bond acceptors (Lipinski definition) is 3. The normalized spacial score (nSPS) is 12.0. The number of nitrogens with one attached hydrogen (secondary N) is 2. The molecule has 5 nitrogen and oxygen atoms in total. The molecule has 150 valence electrons. The highest BCUT2D eigenvalue weighted by atomic mass is 16.2.